The van der Waals surface area contributed by atoms with Gasteiger partial charge in [-0.25, -0.2) is 4.98 Å². The zero-order valence-electron chi connectivity index (χ0n) is 14.2. The lowest BCUT2D eigenvalue weighted by Crippen LogP contribution is -2.10. The molecule has 0 aliphatic carbocycles. The maximum atomic E-state index is 10.3. The summed E-state index contributed by atoms with van der Waals surface area (Å²) in [6.45, 7) is 0.957. The lowest BCUT2D eigenvalue weighted by atomic mass is 10.1. The zero-order chi connectivity index (χ0) is 16.5. The lowest BCUT2D eigenvalue weighted by molar-refractivity contribution is -0.107. The molecular weight excluding hydrogens is 286 g/mol. The minimum absolute atomic E-state index is 0.689. The number of aryl methyl sites for hydroxylation is 1. The average molecular weight is 313 g/mol. The van der Waals surface area contributed by atoms with Crippen LogP contribution < -0.4 is 0 Å². The quantitative estimate of drug-likeness (QED) is 0.536. The molecule has 1 heterocycles. The molecule has 0 spiro atoms. The molecule has 124 valence electrons. The maximum Gasteiger partial charge on any atom is 0.119 e. The van der Waals surface area contributed by atoms with E-state index in [4.69, 9.17) is 0 Å². The minimum Gasteiger partial charge on any atom is -0.342 e. The van der Waals surface area contributed by atoms with E-state index in [2.05, 4.69) is 53.2 Å². The van der Waals surface area contributed by atoms with Gasteiger partial charge in [0.15, 0.2) is 0 Å². The van der Waals surface area contributed by atoms with E-state index < -0.39 is 0 Å². The van der Waals surface area contributed by atoms with E-state index in [-0.39, 0.29) is 0 Å². The fourth-order valence-electron chi connectivity index (χ4n) is 2.66. The molecule has 23 heavy (non-hydrogen) atoms. The summed E-state index contributed by atoms with van der Waals surface area (Å²) in [6.07, 6.45) is 8.99. The number of hydrogen-bond acceptors (Lipinski definition) is 3. The van der Waals surface area contributed by atoms with Crippen molar-refractivity contribution >= 4 is 6.29 Å². The molecule has 0 saturated heterocycles. The predicted octanol–water partition coefficient (Wildman–Crippen LogP) is 3.83. The van der Waals surface area contributed by atoms with E-state index in [0.29, 0.717) is 6.42 Å². The van der Waals surface area contributed by atoms with Gasteiger partial charge in [0, 0.05) is 19.4 Å². The topological polar surface area (TPSA) is 49.0 Å². The molecule has 0 aliphatic heterocycles. The molecule has 1 N–H and O–H groups in total. The van der Waals surface area contributed by atoms with Gasteiger partial charge in [0.05, 0.1) is 11.9 Å². The molecule has 0 fully saturated rings. The Balaban J connectivity index is 1.82. The third kappa shape index (κ3) is 5.99. The zero-order valence-corrected chi connectivity index (χ0v) is 14.2. The average Bonchev–Trinajstić information content (AvgIpc) is 3.00. The Labute approximate surface area is 138 Å². The SMILES string of the molecule is CN(C)Cc1ccc(-c2cnc(CCCCCCC=O)[nH]2)cc1. The van der Waals surface area contributed by atoms with Crippen molar-refractivity contribution in [3.63, 3.8) is 0 Å². The number of unbranched alkanes of at least 4 members (excludes halogenated alkanes) is 4. The highest BCUT2D eigenvalue weighted by atomic mass is 16.1. The van der Waals surface area contributed by atoms with Crippen LogP contribution in [0.2, 0.25) is 0 Å². The van der Waals surface area contributed by atoms with E-state index >= 15 is 0 Å². The molecular formula is C19H27N3O. The van der Waals surface area contributed by atoms with Crippen molar-refractivity contribution in [3.8, 4) is 11.3 Å². The number of carbonyl (C=O) groups is 1. The molecule has 4 heteroatoms. The summed E-state index contributed by atoms with van der Waals surface area (Å²) in [5, 5.41) is 0. The van der Waals surface area contributed by atoms with Gasteiger partial charge in [-0.15, -0.1) is 0 Å². The standard InChI is InChI=1S/C19H27N3O/c1-22(2)15-16-9-11-17(12-10-16)18-14-20-19(21-18)8-6-4-3-5-7-13-23/h9-14H,3-8,15H2,1-2H3,(H,20,21). The number of nitrogens with zero attached hydrogens (tertiary/aromatic N) is 2. The molecule has 2 aromatic rings. The van der Waals surface area contributed by atoms with Gasteiger partial charge in [-0.05, 0) is 38.1 Å². The molecule has 0 saturated carbocycles. The van der Waals surface area contributed by atoms with Gasteiger partial charge in [-0.2, -0.15) is 0 Å². The van der Waals surface area contributed by atoms with E-state index in [9.17, 15) is 4.79 Å². The third-order valence-electron chi connectivity index (χ3n) is 3.88. The molecule has 1 aromatic heterocycles. The van der Waals surface area contributed by atoms with Crippen molar-refractivity contribution in [1.82, 2.24) is 14.9 Å². The Morgan fingerprint density at radius 2 is 1.83 bits per heavy atom. The first-order valence-corrected chi connectivity index (χ1v) is 8.40. The monoisotopic (exact) mass is 313 g/mol. The normalized spacial score (nSPS) is 11.1. The van der Waals surface area contributed by atoms with Gasteiger partial charge < -0.3 is 14.7 Å². The fraction of sp³-hybridized carbons (Fsp3) is 0.474. The van der Waals surface area contributed by atoms with Crippen LogP contribution in [-0.2, 0) is 17.8 Å². The second-order valence-electron chi connectivity index (χ2n) is 6.30. The van der Waals surface area contributed by atoms with Gasteiger partial charge in [0.25, 0.3) is 0 Å². The highest BCUT2D eigenvalue weighted by Gasteiger charge is 2.04. The first-order valence-electron chi connectivity index (χ1n) is 8.40. The Hall–Kier alpha value is -1.94. The maximum absolute atomic E-state index is 10.3. The summed E-state index contributed by atoms with van der Waals surface area (Å²) in [5.41, 5.74) is 3.57. The molecule has 1 aromatic carbocycles. The fourth-order valence-corrected chi connectivity index (χ4v) is 2.66. The number of nitrogens with one attached hydrogen (secondary N) is 1. The van der Waals surface area contributed by atoms with Gasteiger partial charge in [-0.1, -0.05) is 37.1 Å². The van der Waals surface area contributed by atoms with Crippen molar-refractivity contribution < 1.29 is 4.79 Å². The van der Waals surface area contributed by atoms with Crippen LogP contribution in [0.5, 0.6) is 0 Å². The summed E-state index contributed by atoms with van der Waals surface area (Å²) < 4.78 is 0. The Kier molecular flexibility index (Phi) is 7.01. The van der Waals surface area contributed by atoms with E-state index in [0.717, 1.165) is 56.5 Å². The molecule has 0 radical (unpaired) electrons. The number of aromatic nitrogens is 2. The molecule has 0 unspecified atom stereocenters. The summed E-state index contributed by atoms with van der Waals surface area (Å²) in [7, 11) is 4.15. The van der Waals surface area contributed by atoms with Gasteiger partial charge >= 0.3 is 0 Å². The number of aromatic amines is 1. The highest BCUT2D eigenvalue weighted by Crippen LogP contribution is 2.19. The second kappa shape index (κ2) is 9.26. The summed E-state index contributed by atoms with van der Waals surface area (Å²) in [5.74, 6) is 1.05. The smallest absolute Gasteiger partial charge is 0.119 e. The van der Waals surface area contributed by atoms with Crippen LogP contribution in [0.4, 0.5) is 0 Å². The number of H-pyrrole nitrogens is 1. The summed E-state index contributed by atoms with van der Waals surface area (Å²) in [6, 6.07) is 8.64. The van der Waals surface area contributed by atoms with Crippen molar-refractivity contribution in [2.75, 3.05) is 14.1 Å². The number of aldehydes is 1. The number of benzene rings is 1. The van der Waals surface area contributed by atoms with Crippen LogP contribution in [0.1, 0.15) is 43.5 Å². The van der Waals surface area contributed by atoms with Gasteiger partial charge in [-0.3, -0.25) is 0 Å². The van der Waals surface area contributed by atoms with Crippen molar-refractivity contribution in [3.05, 3.63) is 41.9 Å². The van der Waals surface area contributed by atoms with Gasteiger partial charge in [0.2, 0.25) is 0 Å². The molecule has 0 amide bonds. The highest BCUT2D eigenvalue weighted by molar-refractivity contribution is 5.58. The van der Waals surface area contributed by atoms with E-state index in [1.807, 2.05) is 6.20 Å². The van der Waals surface area contributed by atoms with E-state index in [1.165, 1.54) is 11.1 Å². The predicted molar refractivity (Wildman–Crippen MR) is 94.3 cm³/mol. The number of hydrogen-bond donors (Lipinski definition) is 1. The van der Waals surface area contributed by atoms with Crippen LogP contribution in [0.3, 0.4) is 0 Å². The first kappa shape index (κ1) is 17.4. The number of carbonyl (C=O) groups excluding carboxylic acids is 1. The van der Waals surface area contributed by atoms with Crippen LogP contribution in [0.15, 0.2) is 30.5 Å². The summed E-state index contributed by atoms with van der Waals surface area (Å²) >= 11 is 0. The third-order valence-corrected chi connectivity index (χ3v) is 3.88. The van der Waals surface area contributed by atoms with Crippen molar-refractivity contribution in [2.45, 2.75) is 45.1 Å². The van der Waals surface area contributed by atoms with Gasteiger partial charge in [0.1, 0.15) is 12.1 Å². The number of rotatable bonds is 10. The molecule has 0 bridgehead atoms. The Bertz CT molecular complexity index is 587. The van der Waals surface area contributed by atoms with Crippen molar-refractivity contribution in [2.24, 2.45) is 0 Å². The lowest BCUT2D eigenvalue weighted by Gasteiger charge is -2.09. The second-order valence-corrected chi connectivity index (χ2v) is 6.30. The molecule has 0 aliphatic rings. The van der Waals surface area contributed by atoms with Crippen LogP contribution in [0.25, 0.3) is 11.3 Å². The first-order chi connectivity index (χ1) is 11.2. The molecule has 2 rings (SSSR count). The minimum atomic E-state index is 0.689. The molecule has 0 atom stereocenters. The Morgan fingerprint density at radius 1 is 1.09 bits per heavy atom. The largest absolute Gasteiger partial charge is 0.342 e. The van der Waals surface area contributed by atoms with Crippen LogP contribution in [0, 0.1) is 0 Å². The summed E-state index contributed by atoms with van der Waals surface area (Å²) in [4.78, 5) is 20.3. The number of imidazole rings is 1. The Morgan fingerprint density at radius 3 is 2.52 bits per heavy atom. The van der Waals surface area contributed by atoms with Crippen LogP contribution >= 0.6 is 0 Å². The molecule has 4 nitrogen and oxygen atoms in total. The van der Waals surface area contributed by atoms with Crippen molar-refractivity contribution in [1.29, 1.82) is 0 Å². The van der Waals surface area contributed by atoms with Crippen LogP contribution in [-0.4, -0.2) is 35.2 Å². The van der Waals surface area contributed by atoms with E-state index in [1.54, 1.807) is 0 Å².